The molecule has 0 amide bonds. The number of phenolic OH excluding ortho intramolecular Hbond substituents is 1. The predicted molar refractivity (Wildman–Crippen MR) is 46.7 cm³/mol. The fourth-order valence-electron chi connectivity index (χ4n) is 1.16. The molecule has 0 aromatic heterocycles. The summed E-state index contributed by atoms with van der Waals surface area (Å²) in [4.78, 5) is 0. The van der Waals surface area contributed by atoms with Gasteiger partial charge in [0.1, 0.15) is 11.6 Å². The Hall–Kier alpha value is -1.05. The van der Waals surface area contributed by atoms with Crippen LogP contribution in [0.5, 0.6) is 5.75 Å². The Morgan fingerprint density at radius 2 is 2.08 bits per heavy atom. The standard InChI is InChI=1S/C10H13FO/c1-2-3-4-8-5-9(11)7-10(12)6-8/h5-7,12H,2-4H2,1H3. The Morgan fingerprint density at radius 1 is 1.33 bits per heavy atom. The molecule has 1 aromatic rings. The van der Waals surface area contributed by atoms with Gasteiger partial charge >= 0.3 is 0 Å². The van der Waals surface area contributed by atoms with E-state index in [1.54, 1.807) is 6.07 Å². The van der Waals surface area contributed by atoms with Gasteiger partial charge < -0.3 is 5.11 Å². The SMILES string of the molecule is CCCCc1cc(O)cc(F)c1. The van der Waals surface area contributed by atoms with Gasteiger partial charge in [0.05, 0.1) is 0 Å². The second-order valence-corrected chi connectivity index (χ2v) is 2.92. The summed E-state index contributed by atoms with van der Waals surface area (Å²) in [6.45, 7) is 2.08. The van der Waals surface area contributed by atoms with Crippen molar-refractivity contribution in [1.29, 1.82) is 0 Å². The summed E-state index contributed by atoms with van der Waals surface area (Å²) >= 11 is 0. The van der Waals surface area contributed by atoms with Gasteiger partial charge in [-0.3, -0.25) is 0 Å². The predicted octanol–water partition coefficient (Wildman–Crippen LogP) is 2.87. The number of phenols is 1. The number of hydrogen-bond acceptors (Lipinski definition) is 1. The number of hydrogen-bond donors (Lipinski definition) is 1. The largest absolute Gasteiger partial charge is 0.508 e. The number of aromatic hydroxyl groups is 1. The maximum atomic E-state index is 12.7. The van der Waals surface area contributed by atoms with E-state index in [0.29, 0.717) is 0 Å². The van der Waals surface area contributed by atoms with E-state index in [-0.39, 0.29) is 11.6 Å². The monoisotopic (exact) mass is 168 g/mol. The lowest BCUT2D eigenvalue weighted by Gasteiger charge is -2.00. The molecule has 0 radical (unpaired) electrons. The maximum Gasteiger partial charge on any atom is 0.127 e. The van der Waals surface area contributed by atoms with Crippen LogP contribution in [0.1, 0.15) is 25.3 Å². The number of halogens is 1. The van der Waals surface area contributed by atoms with Crippen LogP contribution in [0.2, 0.25) is 0 Å². The third-order valence-electron chi connectivity index (χ3n) is 1.76. The van der Waals surface area contributed by atoms with Gasteiger partial charge in [-0.1, -0.05) is 13.3 Å². The highest BCUT2D eigenvalue weighted by Gasteiger charge is 1.98. The summed E-state index contributed by atoms with van der Waals surface area (Å²) in [6, 6.07) is 4.20. The van der Waals surface area contributed by atoms with Crippen molar-refractivity contribution in [3.63, 3.8) is 0 Å². The molecule has 0 saturated carbocycles. The molecule has 0 saturated heterocycles. The number of rotatable bonds is 3. The van der Waals surface area contributed by atoms with Crippen LogP contribution in [0, 0.1) is 5.82 Å². The van der Waals surface area contributed by atoms with E-state index < -0.39 is 0 Å². The van der Waals surface area contributed by atoms with Crippen LogP contribution < -0.4 is 0 Å². The average molecular weight is 168 g/mol. The van der Waals surface area contributed by atoms with Gasteiger partial charge in [-0.25, -0.2) is 4.39 Å². The Labute approximate surface area is 71.9 Å². The molecular formula is C10H13FO. The normalized spacial score (nSPS) is 10.2. The molecular weight excluding hydrogens is 155 g/mol. The summed E-state index contributed by atoms with van der Waals surface area (Å²) in [5.41, 5.74) is 0.870. The van der Waals surface area contributed by atoms with E-state index in [1.165, 1.54) is 6.07 Å². The van der Waals surface area contributed by atoms with E-state index >= 15 is 0 Å². The number of unbranched alkanes of at least 4 members (excludes halogenated alkanes) is 1. The maximum absolute atomic E-state index is 12.7. The molecule has 0 heterocycles. The van der Waals surface area contributed by atoms with Gasteiger partial charge in [-0.2, -0.15) is 0 Å². The molecule has 0 bridgehead atoms. The highest BCUT2D eigenvalue weighted by atomic mass is 19.1. The first-order chi connectivity index (χ1) is 5.72. The third kappa shape index (κ3) is 2.53. The molecule has 1 N–H and O–H groups in total. The van der Waals surface area contributed by atoms with E-state index in [4.69, 9.17) is 5.11 Å². The Balaban J connectivity index is 2.72. The van der Waals surface area contributed by atoms with Crippen molar-refractivity contribution in [3.8, 4) is 5.75 Å². The minimum Gasteiger partial charge on any atom is -0.508 e. The minimum absolute atomic E-state index is 0.0149. The highest BCUT2D eigenvalue weighted by molar-refractivity contribution is 5.28. The van der Waals surface area contributed by atoms with Crippen molar-refractivity contribution < 1.29 is 9.50 Å². The molecule has 0 spiro atoms. The third-order valence-corrected chi connectivity index (χ3v) is 1.76. The van der Waals surface area contributed by atoms with Crippen molar-refractivity contribution in [2.45, 2.75) is 26.2 Å². The van der Waals surface area contributed by atoms with Crippen molar-refractivity contribution in [1.82, 2.24) is 0 Å². The van der Waals surface area contributed by atoms with Crippen LogP contribution >= 0.6 is 0 Å². The van der Waals surface area contributed by atoms with E-state index in [9.17, 15) is 4.39 Å². The summed E-state index contributed by atoms with van der Waals surface area (Å²) < 4.78 is 12.7. The Bertz CT molecular complexity index is 238. The molecule has 0 aliphatic carbocycles. The van der Waals surface area contributed by atoms with Crippen LogP contribution in [0.25, 0.3) is 0 Å². The van der Waals surface area contributed by atoms with Crippen molar-refractivity contribution in [2.75, 3.05) is 0 Å². The molecule has 1 rings (SSSR count). The lowest BCUT2D eigenvalue weighted by molar-refractivity contribution is 0.468. The van der Waals surface area contributed by atoms with Gasteiger partial charge in [0.15, 0.2) is 0 Å². The molecule has 12 heavy (non-hydrogen) atoms. The van der Waals surface area contributed by atoms with Crippen LogP contribution in [0.4, 0.5) is 4.39 Å². The molecule has 0 unspecified atom stereocenters. The topological polar surface area (TPSA) is 20.2 Å². The van der Waals surface area contributed by atoms with Crippen LogP contribution in [0.3, 0.4) is 0 Å². The van der Waals surface area contributed by atoms with E-state index in [2.05, 4.69) is 6.92 Å². The van der Waals surface area contributed by atoms with Gasteiger partial charge in [-0.15, -0.1) is 0 Å². The zero-order valence-electron chi connectivity index (χ0n) is 7.18. The molecule has 66 valence electrons. The van der Waals surface area contributed by atoms with Gasteiger partial charge in [0.2, 0.25) is 0 Å². The highest BCUT2D eigenvalue weighted by Crippen LogP contribution is 2.16. The lowest BCUT2D eigenvalue weighted by atomic mass is 10.1. The van der Waals surface area contributed by atoms with Crippen molar-refractivity contribution in [2.24, 2.45) is 0 Å². The quantitative estimate of drug-likeness (QED) is 0.735. The van der Waals surface area contributed by atoms with Gasteiger partial charge in [0.25, 0.3) is 0 Å². The number of aryl methyl sites for hydroxylation is 1. The second-order valence-electron chi connectivity index (χ2n) is 2.92. The zero-order valence-corrected chi connectivity index (χ0v) is 7.18. The molecule has 1 aromatic carbocycles. The Kier molecular flexibility index (Phi) is 3.09. The zero-order chi connectivity index (χ0) is 8.97. The minimum atomic E-state index is -0.360. The van der Waals surface area contributed by atoms with E-state index in [1.807, 2.05) is 0 Å². The summed E-state index contributed by atoms with van der Waals surface area (Å²) in [5, 5.41) is 9.05. The first-order valence-corrected chi connectivity index (χ1v) is 4.21. The molecule has 0 aliphatic rings. The average Bonchev–Trinajstić information content (AvgIpc) is 1.99. The first-order valence-electron chi connectivity index (χ1n) is 4.21. The summed E-state index contributed by atoms with van der Waals surface area (Å²) in [7, 11) is 0. The smallest absolute Gasteiger partial charge is 0.127 e. The fraction of sp³-hybridized carbons (Fsp3) is 0.400. The summed E-state index contributed by atoms with van der Waals surface area (Å²) in [6.07, 6.45) is 2.95. The molecule has 0 atom stereocenters. The molecule has 2 heteroatoms. The summed E-state index contributed by atoms with van der Waals surface area (Å²) in [5.74, 6) is -0.345. The van der Waals surface area contributed by atoms with E-state index in [0.717, 1.165) is 30.9 Å². The van der Waals surface area contributed by atoms with Crippen molar-refractivity contribution in [3.05, 3.63) is 29.6 Å². The van der Waals surface area contributed by atoms with Gasteiger partial charge in [-0.05, 0) is 30.5 Å². The Morgan fingerprint density at radius 3 is 2.67 bits per heavy atom. The lowest BCUT2D eigenvalue weighted by Crippen LogP contribution is -1.85. The van der Waals surface area contributed by atoms with Crippen LogP contribution in [0.15, 0.2) is 18.2 Å². The fourth-order valence-corrected chi connectivity index (χ4v) is 1.16. The van der Waals surface area contributed by atoms with Crippen LogP contribution in [-0.4, -0.2) is 5.11 Å². The second kappa shape index (κ2) is 4.10. The molecule has 0 aliphatic heterocycles. The molecule has 1 nitrogen and oxygen atoms in total. The van der Waals surface area contributed by atoms with Crippen molar-refractivity contribution >= 4 is 0 Å². The number of benzene rings is 1. The molecule has 0 fully saturated rings. The first kappa shape index (κ1) is 9.04. The van der Waals surface area contributed by atoms with Gasteiger partial charge in [0, 0.05) is 6.07 Å². The van der Waals surface area contributed by atoms with Crippen LogP contribution in [-0.2, 0) is 6.42 Å².